The number of fused-ring (bicyclic) bond motifs is 2. The number of carbonyl (C=O) groups excluding carboxylic acids is 6. The number of esters is 2. The van der Waals surface area contributed by atoms with Crippen molar-refractivity contribution in [3.63, 3.8) is 0 Å². The molecule has 2 unspecified atom stereocenters. The molecule has 12 heteroatoms. The largest absolute Gasteiger partial charge is 0.469 e. The molecule has 0 radical (unpaired) electrons. The molecular weight excluding hydrogens is 664 g/mol. The van der Waals surface area contributed by atoms with E-state index in [2.05, 4.69) is 0 Å². The van der Waals surface area contributed by atoms with Crippen LogP contribution in [-0.2, 0) is 41.7 Å². The molecule has 2 amide bonds. The number of amides is 2. The number of hydrogen-bond donors (Lipinski definition) is 0. The zero-order valence-electron chi connectivity index (χ0n) is 28.9. The van der Waals surface area contributed by atoms with Gasteiger partial charge >= 0.3 is 11.9 Å². The molecular formula is C40H38N4O8. The predicted molar refractivity (Wildman–Crippen MR) is 191 cm³/mol. The standard InChI is InChI=1S/C40H38N4O8/c1-51-39(49)27-17-19-41(22-27)37(47)35(45)30-23-42(32-10-5-3-8-28(30)32)20-25-13-15-26(16-14-25)21-43-24-31(29-9-4-6-11-33(29)43)36(46)38(48)44-18-7-12-34(44)40(50)52-2/h3-6,8-11,13-16,23-24,27,34H,7,12,17-22H2,1-2H3. The van der Waals surface area contributed by atoms with Crippen molar-refractivity contribution in [2.45, 2.75) is 38.4 Å². The summed E-state index contributed by atoms with van der Waals surface area (Å²) in [5.41, 5.74) is 4.15. The zero-order chi connectivity index (χ0) is 36.5. The van der Waals surface area contributed by atoms with Crippen molar-refractivity contribution < 1.29 is 38.2 Å². The minimum atomic E-state index is -0.759. The molecule has 0 saturated carbocycles. The number of carbonyl (C=O) groups is 6. The molecule has 3 aromatic carbocycles. The van der Waals surface area contributed by atoms with Crippen molar-refractivity contribution in [1.29, 1.82) is 0 Å². The molecule has 0 aliphatic carbocycles. The molecule has 0 N–H and O–H groups in total. The summed E-state index contributed by atoms with van der Waals surface area (Å²) in [5.74, 6) is -3.95. The lowest BCUT2D eigenvalue weighted by atomic mass is 10.1. The topological polar surface area (TPSA) is 137 Å². The third-order valence-corrected chi connectivity index (χ3v) is 10.2. The molecule has 2 saturated heterocycles. The van der Waals surface area contributed by atoms with Crippen molar-refractivity contribution in [2.75, 3.05) is 33.9 Å². The second kappa shape index (κ2) is 14.3. The van der Waals surface area contributed by atoms with Crippen molar-refractivity contribution in [3.05, 3.63) is 107 Å². The summed E-state index contributed by atoms with van der Waals surface area (Å²) < 4.78 is 13.6. The van der Waals surface area contributed by atoms with Gasteiger partial charge in [0.15, 0.2) is 0 Å². The van der Waals surface area contributed by atoms with E-state index in [-0.39, 0.29) is 18.1 Å². The monoisotopic (exact) mass is 702 g/mol. The van der Waals surface area contributed by atoms with Crippen LogP contribution in [0.2, 0.25) is 0 Å². The first-order valence-electron chi connectivity index (χ1n) is 17.3. The zero-order valence-corrected chi connectivity index (χ0v) is 28.9. The van der Waals surface area contributed by atoms with Gasteiger partial charge in [-0.1, -0.05) is 60.7 Å². The second-order valence-electron chi connectivity index (χ2n) is 13.3. The Hall–Kier alpha value is -6.04. The fraction of sp³-hybridized carbons (Fsp3) is 0.300. The first-order chi connectivity index (χ1) is 25.2. The number of ether oxygens (including phenoxy) is 2. The quantitative estimate of drug-likeness (QED) is 0.120. The van der Waals surface area contributed by atoms with Crippen LogP contribution in [0.15, 0.2) is 85.2 Å². The number of rotatable bonds is 10. The van der Waals surface area contributed by atoms with Crippen molar-refractivity contribution in [3.8, 4) is 0 Å². The van der Waals surface area contributed by atoms with Crippen LogP contribution in [0.3, 0.4) is 0 Å². The van der Waals surface area contributed by atoms with E-state index in [9.17, 15) is 28.8 Å². The smallest absolute Gasteiger partial charge is 0.328 e. The van der Waals surface area contributed by atoms with Gasteiger partial charge in [0, 0.05) is 66.9 Å². The Labute approximate surface area is 299 Å². The average molecular weight is 703 g/mol. The molecule has 2 atom stereocenters. The van der Waals surface area contributed by atoms with E-state index in [1.807, 2.05) is 81.9 Å². The molecule has 2 aliphatic rings. The molecule has 266 valence electrons. The SMILES string of the molecule is COC(=O)C1CCN(C(=O)C(=O)c2cn(Cc3ccc(Cn4cc(C(=O)C(=O)N5CCCC5C(=O)OC)c5ccccc54)cc3)c3ccccc23)C1. The van der Waals surface area contributed by atoms with E-state index in [0.717, 1.165) is 22.2 Å². The van der Waals surface area contributed by atoms with Crippen molar-refractivity contribution in [1.82, 2.24) is 18.9 Å². The van der Waals surface area contributed by atoms with Crippen LogP contribution in [0.1, 0.15) is 51.1 Å². The summed E-state index contributed by atoms with van der Waals surface area (Å²) in [7, 11) is 2.59. The molecule has 2 aliphatic heterocycles. The number of Topliss-reactive ketones (excluding diaryl/α,β-unsaturated/α-hetero) is 2. The van der Waals surface area contributed by atoms with Gasteiger partial charge in [0.05, 0.1) is 31.3 Å². The van der Waals surface area contributed by atoms with E-state index in [1.165, 1.54) is 24.0 Å². The van der Waals surface area contributed by atoms with Gasteiger partial charge in [-0.15, -0.1) is 0 Å². The number of benzene rings is 3. The van der Waals surface area contributed by atoms with Crippen LogP contribution in [-0.4, -0.2) is 94.1 Å². The van der Waals surface area contributed by atoms with Crippen LogP contribution >= 0.6 is 0 Å². The van der Waals surface area contributed by atoms with Gasteiger partial charge in [0.25, 0.3) is 23.4 Å². The molecule has 2 aromatic heterocycles. The van der Waals surface area contributed by atoms with E-state index in [4.69, 9.17) is 9.47 Å². The highest BCUT2D eigenvalue weighted by atomic mass is 16.5. The minimum Gasteiger partial charge on any atom is -0.469 e. The molecule has 2 fully saturated rings. The van der Waals surface area contributed by atoms with Crippen LogP contribution in [0.4, 0.5) is 0 Å². The number of hydrogen-bond acceptors (Lipinski definition) is 8. The molecule has 0 spiro atoms. The number of aromatic nitrogens is 2. The van der Waals surface area contributed by atoms with Gasteiger partial charge < -0.3 is 28.4 Å². The number of likely N-dealkylation sites (tertiary alicyclic amines) is 2. The van der Waals surface area contributed by atoms with Gasteiger partial charge in [0.2, 0.25) is 0 Å². The third kappa shape index (κ3) is 6.36. The molecule has 5 aromatic rings. The van der Waals surface area contributed by atoms with E-state index < -0.39 is 41.3 Å². The summed E-state index contributed by atoms with van der Waals surface area (Å²) in [6.45, 7) is 1.69. The fourth-order valence-corrected chi connectivity index (χ4v) is 7.46. The van der Waals surface area contributed by atoms with Crippen molar-refractivity contribution in [2.24, 2.45) is 5.92 Å². The Morgan fingerprint density at radius 3 is 1.69 bits per heavy atom. The Balaban J connectivity index is 1.08. The lowest BCUT2D eigenvalue weighted by molar-refractivity contribution is -0.149. The number of nitrogens with zero attached hydrogens (tertiary/aromatic N) is 4. The maximum absolute atomic E-state index is 13.6. The highest BCUT2D eigenvalue weighted by Gasteiger charge is 2.39. The van der Waals surface area contributed by atoms with Gasteiger partial charge in [-0.3, -0.25) is 24.0 Å². The fourth-order valence-electron chi connectivity index (χ4n) is 7.46. The third-order valence-electron chi connectivity index (χ3n) is 10.2. The highest BCUT2D eigenvalue weighted by molar-refractivity contribution is 6.45. The number of ketones is 2. The normalized spacial score (nSPS) is 17.1. The Morgan fingerprint density at radius 1 is 0.635 bits per heavy atom. The van der Waals surface area contributed by atoms with Gasteiger partial charge in [-0.05, 0) is 42.5 Å². The Morgan fingerprint density at radius 2 is 1.15 bits per heavy atom. The predicted octanol–water partition coefficient (Wildman–Crippen LogP) is 4.24. The molecule has 0 bridgehead atoms. The summed E-state index contributed by atoms with van der Waals surface area (Å²) in [6, 6.07) is 22.1. The van der Waals surface area contributed by atoms with E-state index in [0.29, 0.717) is 61.8 Å². The first kappa shape index (κ1) is 34.4. The van der Waals surface area contributed by atoms with Crippen molar-refractivity contribution >= 4 is 57.1 Å². The Bertz CT molecular complexity index is 2230. The van der Waals surface area contributed by atoms with Crippen LogP contribution in [0.5, 0.6) is 0 Å². The highest BCUT2D eigenvalue weighted by Crippen LogP contribution is 2.28. The molecule has 4 heterocycles. The maximum atomic E-state index is 13.6. The summed E-state index contributed by atoms with van der Waals surface area (Å²) in [6.07, 6.45) is 4.96. The minimum absolute atomic E-state index is 0.160. The van der Waals surface area contributed by atoms with Gasteiger partial charge in [-0.25, -0.2) is 4.79 Å². The number of para-hydroxylation sites is 2. The van der Waals surface area contributed by atoms with E-state index in [1.54, 1.807) is 12.4 Å². The van der Waals surface area contributed by atoms with Crippen LogP contribution < -0.4 is 0 Å². The molecule has 12 nitrogen and oxygen atoms in total. The van der Waals surface area contributed by atoms with Crippen LogP contribution in [0.25, 0.3) is 21.8 Å². The summed E-state index contributed by atoms with van der Waals surface area (Å²) >= 11 is 0. The second-order valence-corrected chi connectivity index (χ2v) is 13.3. The van der Waals surface area contributed by atoms with Gasteiger partial charge in [-0.2, -0.15) is 0 Å². The number of methoxy groups -OCH3 is 2. The van der Waals surface area contributed by atoms with E-state index >= 15 is 0 Å². The molecule has 7 rings (SSSR count). The first-order valence-corrected chi connectivity index (χ1v) is 17.3. The summed E-state index contributed by atoms with van der Waals surface area (Å²) in [5, 5.41) is 1.33. The maximum Gasteiger partial charge on any atom is 0.328 e. The lowest BCUT2D eigenvalue weighted by Crippen LogP contribution is -2.44. The van der Waals surface area contributed by atoms with Crippen LogP contribution in [0, 0.1) is 5.92 Å². The Kier molecular flexibility index (Phi) is 9.46. The lowest BCUT2D eigenvalue weighted by Gasteiger charge is -2.21. The molecule has 52 heavy (non-hydrogen) atoms. The van der Waals surface area contributed by atoms with Gasteiger partial charge in [0.1, 0.15) is 6.04 Å². The average Bonchev–Trinajstić information content (AvgIpc) is 4.00. The summed E-state index contributed by atoms with van der Waals surface area (Å²) in [4.78, 5) is 80.6.